The van der Waals surface area contributed by atoms with Gasteiger partial charge < -0.3 is 15.4 Å². The molecule has 0 saturated carbocycles. The van der Waals surface area contributed by atoms with Crippen LogP contribution in [0.15, 0.2) is 24.3 Å². The summed E-state index contributed by atoms with van der Waals surface area (Å²) in [7, 11) is 3.44. The van der Waals surface area contributed by atoms with Gasteiger partial charge in [-0.2, -0.15) is 0 Å². The number of carbonyl (C=O) groups is 1. The molecule has 1 aromatic heterocycles. The van der Waals surface area contributed by atoms with Gasteiger partial charge in [0.05, 0.1) is 30.3 Å². The molecule has 0 unspecified atom stereocenters. The zero-order valence-electron chi connectivity index (χ0n) is 13.4. The van der Waals surface area contributed by atoms with Gasteiger partial charge in [-0.05, 0) is 50.6 Å². The van der Waals surface area contributed by atoms with Gasteiger partial charge in [0.1, 0.15) is 10.8 Å². The molecule has 2 aromatic rings. The minimum atomic E-state index is 0.0322. The Morgan fingerprint density at radius 1 is 1.39 bits per heavy atom. The average Bonchev–Trinajstić information content (AvgIpc) is 3.00. The molecule has 0 fully saturated rings. The number of carbonyl (C=O) groups excluding carboxylic acids is 1. The van der Waals surface area contributed by atoms with Crippen LogP contribution in [0.1, 0.15) is 29.5 Å². The number of hydrogen-bond acceptors (Lipinski definition) is 5. The number of thiazole rings is 1. The normalized spacial score (nSPS) is 16.7. The lowest BCUT2D eigenvalue weighted by Crippen LogP contribution is -2.36. The van der Waals surface area contributed by atoms with Crippen LogP contribution in [0.2, 0.25) is 0 Å². The molecular formula is C17H21N3O2S. The van der Waals surface area contributed by atoms with Crippen molar-refractivity contribution in [3.05, 3.63) is 34.8 Å². The smallest absolute Gasteiger partial charge is 0.234 e. The number of amides is 1. The third-order valence-electron chi connectivity index (χ3n) is 3.96. The number of likely N-dealkylation sites (N-methyl/N-ethyl adjacent to an activating group) is 1. The highest BCUT2D eigenvalue weighted by molar-refractivity contribution is 7.15. The number of aryl methyl sites for hydroxylation is 1. The number of aromatic nitrogens is 1. The Balaban J connectivity index is 1.83. The monoisotopic (exact) mass is 331 g/mol. The molecule has 23 heavy (non-hydrogen) atoms. The van der Waals surface area contributed by atoms with Crippen molar-refractivity contribution < 1.29 is 9.53 Å². The van der Waals surface area contributed by atoms with Gasteiger partial charge in [-0.3, -0.25) is 4.79 Å². The van der Waals surface area contributed by atoms with Crippen LogP contribution in [-0.2, 0) is 11.2 Å². The molecule has 1 aliphatic carbocycles. The van der Waals surface area contributed by atoms with E-state index < -0.39 is 0 Å². The SMILES string of the molecule is CNCC(=O)N[C@@H]1CCCc2nc(-c3ccc(OC)cc3)sc21. The number of fused-ring (bicyclic) bond motifs is 1. The van der Waals surface area contributed by atoms with Crippen LogP contribution in [0, 0.1) is 0 Å². The van der Waals surface area contributed by atoms with Crippen molar-refractivity contribution in [3.8, 4) is 16.3 Å². The van der Waals surface area contributed by atoms with Gasteiger partial charge in [-0.25, -0.2) is 4.98 Å². The molecule has 122 valence electrons. The Labute approximate surface area is 140 Å². The fourth-order valence-electron chi connectivity index (χ4n) is 2.82. The molecule has 0 bridgehead atoms. The average molecular weight is 331 g/mol. The predicted octanol–water partition coefficient (Wildman–Crippen LogP) is 2.53. The van der Waals surface area contributed by atoms with E-state index in [1.54, 1.807) is 25.5 Å². The first kappa shape index (κ1) is 16.0. The number of ether oxygens (including phenoxy) is 1. The van der Waals surface area contributed by atoms with Crippen LogP contribution >= 0.6 is 11.3 Å². The van der Waals surface area contributed by atoms with Crippen LogP contribution < -0.4 is 15.4 Å². The maximum atomic E-state index is 11.9. The van der Waals surface area contributed by atoms with Crippen LogP contribution in [0.5, 0.6) is 5.75 Å². The lowest BCUT2D eigenvalue weighted by atomic mass is 9.98. The number of nitrogens with zero attached hydrogens (tertiary/aromatic N) is 1. The Morgan fingerprint density at radius 3 is 2.87 bits per heavy atom. The number of hydrogen-bond donors (Lipinski definition) is 2. The summed E-state index contributed by atoms with van der Waals surface area (Å²) >= 11 is 1.68. The summed E-state index contributed by atoms with van der Waals surface area (Å²) in [6, 6.07) is 8.03. The van der Waals surface area contributed by atoms with Gasteiger partial charge in [0.25, 0.3) is 0 Å². The van der Waals surface area contributed by atoms with E-state index in [0.717, 1.165) is 41.3 Å². The molecule has 1 heterocycles. The molecule has 1 aromatic carbocycles. The molecule has 1 amide bonds. The summed E-state index contributed by atoms with van der Waals surface area (Å²) in [5.41, 5.74) is 2.22. The molecule has 1 atom stereocenters. The highest BCUT2D eigenvalue weighted by atomic mass is 32.1. The number of rotatable bonds is 5. The Morgan fingerprint density at radius 2 is 2.17 bits per heavy atom. The third kappa shape index (κ3) is 3.54. The summed E-state index contributed by atoms with van der Waals surface area (Å²) in [6.07, 6.45) is 3.02. The maximum absolute atomic E-state index is 11.9. The van der Waals surface area contributed by atoms with E-state index in [4.69, 9.17) is 9.72 Å². The van der Waals surface area contributed by atoms with E-state index in [1.165, 1.54) is 4.88 Å². The van der Waals surface area contributed by atoms with Crippen molar-refractivity contribution in [2.45, 2.75) is 25.3 Å². The topological polar surface area (TPSA) is 63.2 Å². The minimum absolute atomic E-state index is 0.0322. The van der Waals surface area contributed by atoms with E-state index in [1.807, 2.05) is 24.3 Å². The highest BCUT2D eigenvalue weighted by Crippen LogP contribution is 2.38. The summed E-state index contributed by atoms with van der Waals surface area (Å²) in [4.78, 5) is 17.9. The quantitative estimate of drug-likeness (QED) is 0.884. The minimum Gasteiger partial charge on any atom is -0.497 e. The van der Waals surface area contributed by atoms with Crippen LogP contribution in [-0.4, -0.2) is 31.6 Å². The number of benzene rings is 1. The first-order valence-electron chi connectivity index (χ1n) is 7.79. The van der Waals surface area contributed by atoms with Crippen molar-refractivity contribution in [2.24, 2.45) is 0 Å². The second kappa shape index (κ2) is 7.10. The molecule has 0 radical (unpaired) electrons. The Hall–Kier alpha value is -1.92. The lowest BCUT2D eigenvalue weighted by molar-refractivity contribution is -0.121. The summed E-state index contributed by atoms with van der Waals surface area (Å²) in [5, 5.41) is 7.00. The van der Waals surface area contributed by atoms with Gasteiger partial charge in [0.2, 0.25) is 5.91 Å². The summed E-state index contributed by atoms with van der Waals surface area (Å²) in [5.74, 6) is 0.872. The second-order valence-electron chi connectivity index (χ2n) is 5.60. The zero-order chi connectivity index (χ0) is 16.2. The number of nitrogens with one attached hydrogen (secondary N) is 2. The van der Waals surface area contributed by atoms with Crippen LogP contribution in [0.25, 0.3) is 10.6 Å². The zero-order valence-corrected chi connectivity index (χ0v) is 14.2. The first-order valence-corrected chi connectivity index (χ1v) is 8.61. The van der Waals surface area contributed by atoms with Gasteiger partial charge in [-0.1, -0.05) is 0 Å². The van der Waals surface area contributed by atoms with Gasteiger partial charge in [0, 0.05) is 5.56 Å². The molecule has 1 aliphatic rings. The standard InChI is InChI=1S/C17H21N3O2S/c1-18-10-15(21)19-13-4-3-5-14-16(13)23-17(20-14)11-6-8-12(22-2)9-7-11/h6-9,13,18H,3-5,10H2,1-2H3,(H,19,21)/t13-/m1/s1. The van der Waals surface area contributed by atoms with Crippen LogP contribution in [0.4, 0.5) is 0 Å². The molecular weight excluding hydrogens is 310 g/mol. The third-order valence-corrected chi connectivity index (χ3v) is 5.22. The second-order valence-corrected chi connectivity index (χ2v) is 6.63. The summed E-state index contributed by atoms with van der Waals surface area (Å²) in [6.45, 7) is 0.343. The van der Waals surface area contributed by atoms with Crippen molar-refractivity contribution in [2.75, 3.05) is 20.7 Å². The molecule has 0 saturated heterocycles. The van der Waals surface area contributed by atoms with Gasteiger partial charge in [0.15, 0.2) is 0 Å². The van der Waals surface area contributed by atoms with Crippen LogP contribution in [0.3, 0.4) is 0 Å². The first-order chi connectivity index (χ1) is 11.2. The molecule has 3 rings (SSSR count). The lowest BCUT2D eigenvalue weighted by Gasteiger charge is -2.22. The maximum Gasteiger partial charge on any atom is 0.234 e. The molecule has 0 spiro atoms. The fourth-order valence-corrected chi connectivity index (χ4v) is 4.02. The largest absolute Gasteiger partial charge is 0.497 e. The molecule has 0 aliphatic heterocycles. The molecule has 6 heteroatoms. The van der Waals surface area contributed by atoms with E-state index in [9.17, 15) is 4.79 Å². The Kier molecular flexibility index (Phi) is 4.93. The van der Waals surface area contributed by atoms with E-state index in [0.29, 0.717) is 6.54 Å². The van der Waals surface area contributed by atoms with E-state index in [-0.39, 0.29) is 11.9 Å². The highest BCUT2D eigenvalue weighted by Gasteiger charge is 2.26. The van der Waals surface area contributed by atoms with Crippen molar-refractivity contribution in [3.63, 3.8) is 0 Å². The number of methoxy groups -OCH3 is 1. The predicted molar refractivity (Wildman–Crippen MR) is 91.9 cm³/mol. The van der Waals surface area contributed by atoms with Crippen molar-refractivity contribution in [1.29, 1.82) is 0 Å². The van der Waals surface area contributed by atoms with Crippen molar-refractivity contribution in [1.82, 2.24) is 15.6 Å². The van der Waals surface area contributed by atoms with Crippen molar-refractivity contribution >= 4 is 17.2 Å². The van der Waals surface area contributed by atoms with Gasteiger partial charge >= 0.3 is 0 Å². The molecule has 5 nitrogen and oxygen atoms in total. The Bertz CT molecular complexity index is 682. The fraction of sp³-hybridized carbons (Fsp3) is 0.412. The van der Waals surface area contributed by atoms with E-state index >= 15 is 0 Å². The van der Waals surface area contributed by atoms with Gasteiger partial charge in [-0.15, -0.1) is 11.3 Å². The van der Waals surface area contributed by atoms with E-state index in [2.05, 4.69) is 10.6 Å². The summed E-state index contributed by atoms with van der Waals surface area (Å²) < 4.78 is 5.20. The molecule has 2 N–H and O–H groups in total.